The third-order valence-electron chi connectivity index (χ3n) is 3.18. The standard InChI is InChI=1S/C15H16BrNO2S/c1-12-5-3-4-6-13(12)11-17(2)20(18,19)15-9-7-14(16)8-10-15/h3-10H,11H2,1-2H3. The van der Waals surface area contributed by atoms with Gasteiger partial charge in [0.1, 0.15) is 0 Å². The van der Waals surface area contributed by atoms with Crippen LogP contribution in [0.15, 0.2) is 57.9 Å². The van der Waals surface area contributed by atoms with Crippen molar-refractivity contribution in [3.05, 3.63) is 64.1 Å². The summed E-state index contributed by atoms with van der Waals surface area (Å²) < 4.78 is 27.2. The Hall–Kier alpha value is -1.17. The largest absolute Gasteiger partial charge is 0.243 e. The average molecular weight is 354 g/mol. The first-order chi connectivity index (χ1) is 9.41. The monoisotopic (exact) mass is 353 g/mol. The van der Waals surface area contributed by atoms with Gasteiger partial charge in [-0.05, 0) is 42.3 Å². The van der Waals surface area contributed by atoms with Crippen molar-refractivity contribution in [1.29, 1.82) is 0 Å². The molecule has 0 aliphatic rings. The maximum absolute atomic E-state index is 12.5. The summed E-state index contributed by atoms with van der Waals surface area (Å²) >= 11 is 3.30. The third kappa shape index (κ3) is 3.29. The number of benzene rings is 2. The first kappa shape index (κ1) is 15.2. The fraction of sp³-hybridized carbons (Fsp3) is 0.200. The lowest BCUT2D eigenvalue weighted by atomic mass is 10.1. The van der Waals surface area contributed by atoms with E-state index in [0.29, 0.717) is 11.4 Å². The number of sulfonamides is 1. The zero-order chi connectivity index (χ0) is 14.8. The molecule has 2 aromatic carbocycles. The molecule has 2 rings (SSSR count). The Bertz CT molecular complexity index is 696. The van der Waals surface area contributed by atoms with E-state index in [1.807, 2.05) is 31.2 Å². The van der Waals surface area contributed by atoms with Crippen molar-refractivity contribution >= 4 is 26.0 Å². The van der Waals surface area contributed by atoms with E-state index in [4.69, 9.17) is 0 Å². The highest BCUT2D eigenvalue weighted by Crippen LogP contribution is 2.20. The summed E-state index contributed by atoms with van der Waals surface area (Å²) in [5.74, 6) is 0. The summed E-state index contributed by atoms with van der Waals surface area (Å²) in [5, 5.41) is 0. The minimum absolute atomic E-state index is 0.303. The van der Waals surface area contributed by atoms with Gasteiger partial charge >= 0.3 is 0 Å². The Morgan fingerprint density at radius 2 is 1.65 bits per heavy atom. The van der Waals surface area contributed by atoms with Crippen LogP contribution in [0, 0.1) is 6.92 Å². The molecular formula is C15H16BrNO2S. The highest BCUT2D eigenvalue weighted by Gasteiger charge is 2.21. The summed E-state index contributed by atoms with van der Waals surface area (Å²) in [7, 11) is -1.86. The van der Waals surface area contributed by atoms with Crippen molar-refractivity contribution in [3.63, 3.8) is 0 Å². The van der Waals surface area contributed by atoms with Crippen LogP contribution in [0.2, 0.25) is 0 Å². The summed E-state index contributed by atoms with van der Waals surface area (Å²) in [4.78, 5) is 0.303. The van der Waals surface area contributed by atoms with Gasteiger partial charge in [0.05, 0.1) is 4.90 Å². The molecule has 0 bridgehead atoms. The summed E-state index contributed by atoms with van der Waals surface area (Å²) in [6.45, 7) is 2.35. The molecule has 0 fully saturated rings. The second kappa shape index (κ2) is 6.08. The number of halogens is 1. The molecule has 0 unspecified atom stereocenters. The predicted octanol–water partition coefficient (Wildman–Crippen LogP) is 3.58. The predicted molar refractivity (Wildman–Crippen MR) is 84.0 cm³/mol. The van der Waals surface area contributed by atoms with Gasteiger partial charge in [-0.25, -0.2) is 8.42 Å². The molecule has 0 aromatic heterocycles. The first-order valence-corrected chi connectivity index (χ1v) is 8.41. The van der Waals surface area contributed by atoms with Crippen LogP contribution in [-0.4, -0.2) is 19.8 Å². The van der Waals surface area contributed by atoms with Crippen molar-refractivity contribution in [2.75, 3.05) is 7.05 Å². The van der Waals surface area contributed by atoms with Gasteiger partial charge in [0.25, 0.3) is 0 Å². The number of rotatable bonds is 4. The van der Waals surface area contributed by atoms with Gasteiger partial charge in [0, 0.05) is 18.1 Å². The van der Waals surface area contributed by atoms with Crippen molar-refractivity contribution in [2.45, 2.75) is 18.4 Å². The topological polar surface area (TPSA) is 37.4 Å². The smallest absolute Gasteiger partial charge is 0.207 e. The molecule has 0 aliphatic carbocycles. The molecule has 0 spiro atoms. The van der Waals surface area contributed by atoms with Crippen LogP contribution < -0.4 is 0 Å². The number of hydrogen-bond acceptors (Lipinski definition) is 2. The van der Waals surface area contributed by atoms with E-state index in [2.05, 4.69) is 15.9 Å². The average Bonchev–Trinajstić information content (AvgIpc) is 2.41. The van der Waals surface area contributed by atoms with Gasteiger partial charge in [-0.2, -0.15) is 4.31 Å². The Labute approximate surface area is 128 Å². The molecule has 0 aliphatic heterocycles. The first-order valence-electron chi connectivity index (χ1n) is 6.17. The van der Waals surface area contributed by atoms with E-state index in [-0.39, 0.29) is 0 Å². The maximum atomic E-state index is 12.5. The summed E-state index contributed by atoms with van der Waals surface area (Å²) in [5.41, 5.74) is 2.10. The number of hydrogen-bond donors (Lipinski definition) is 0. The van der Waals surface area contributed by atoms with Crippen LogP contribution in [0.4, 0.5) is 0 Å². The maximum Gasteiger partial charge on any atom is 0.243 e. The van der Waals surface area contributed by atoms with E-state index < -0.39 is 10.0 Å². The van der Waals surface area contributed by atoms with Gasteiger partial charge in [0.2, 0.25) is 10.0 Å². The second-order valence-electron chi connectivity index (χ2n) is 4.64. The molecule has 0 heterocycles. The lowest BCUT2D eigenvalue weighted by Crippen LogP contribution is -2.26. The van der Waals surface area contributed by atoms with Crippen molar-refractivity contribution < 1.29 is 8.42 Å². The Morgan fingerprint density at radius 1 is 1.05 bits per heavy atom. The van der Waals surface area contributed by atoms with Crippen molar-refractivity contribution in [1.82, 2.24) is 4.31 Å². The number of nitrogens with zero attached hydrogens (tertiary/aromatic N) is 1. The fourth-order valence-electron chi connectivity index (χ4n) is 1.90. The van der Waals surface area contributed by atoms with Crippen LogP contribution in [0.5, 0.6) is 0 Å². The lowest BCUT2D eigenvalue weighted by Gasteiger charge is -2.18. The number of aryl methyl sites for hydroxylation is 1. The molecule has 0 radical (unpaired) electrons. The van der Waals surface area contributed by atoms with Crippen LogP contribution in [0.25, 0.3) is 0 Å². The molecule has 0 saturated heterocycles. The van der Waals surface area contributed by atoms with E-state index >= 15 is 0 Å². The quantitative estimate of drug-likeness (QED) is 0.842. The fourth-order valence-corrected chi connectivity index (χ4v) is 3.31. The molecular weight excluding hydrogens is 338 g/mol. The summed E-state index contributed by atoms with van der Waals surface area (Å²) in [6, 6.07) is 14.5. The molecule has 0 saturated carbocycles. The molecule has 20 heavy (non-hydrogen) atoms. The van der Waals surface area contributed by atoms with Gasteiger partial charge in [-0.3, -0.25) is 0 Å². The molecule has 0 amide bonds. The molecule has 3 nitrogen and oxygen atoms in total. The van der Waals surface area contributed by atoms with Crippen molar-refractivity contribution in [3.8, 4) is 0 Å². The Kier molecular flexibility index (Phi) is 4.62. The lowest BCUT2D eigenvalue weighted by molar-refractivity contribution is 0.466. The van der Waals surface area contributed by atoms with E-state index in [1.54, 1.807) is 31.3 Å². The molecule has 2 aromatic rings. The molecule has 0 N–H and O–H groups in total. The van der Waals surface area contributed by atoms with Crippen LogP contribution >= 0.6 is 15.9 Å². The van der Waals surface area contributed by atoms with Crippen molar-refractivity contribution in [2.24, 2.45) is 0 Å². The minimum atomic E-state index is -3.46. The normalized spacial score (nSPS) is 11.8. The van der Waals surface area contributed by atoms with E-state index in [1.165, 1.54) is 4.31 Å². The highest BCUT2D eigenvalue weighted by atomic mass is 79.9. The Morgan fingerprint density at radius 3 is 2.25 bits per heavy atom. The zero-order valence-electron chi connectivity index (χ0n) is 11.4. The Balaban J connectivity index is 2.26. The van der Waals surface area contributed by atoms with Gasteiger partial charge < -0.3 is 0 Å². The third-order valence-corrected chi connectivity index (χ3v) is 5.52. The molecule has 5 heteroatoms. The molecule has 0 atom stereocenters. The second-order valence-corrected chi connectivity index (χ2v) is 7.60. The van der Waals surface area contributed by atoms with Crippen LogP contribution in [0.1, 0.15) is 11.1 Å². The van der Waals surface area contributed by atoms with Gasteiger partial charge in [0.15, 0.2) is 0 Å². The van der Waals surface area contributed by atoms with Gasteiger partial charge in [-0.1, -0.05) is 40.2 Å². The van der Waals surface area contributed by atoms with E-state index in [9.17, 15) is 8.42 Å². The highest BCUT2D eigenvalue weighted by molar-refractivity contribution is 9.10. The van der Waals surface area contributed by atoms with Gasteiger partial charge in [-0.15, -0.1) is 0 Å². The van der Waals surface area contributed by atoms with E-state index in [0.717, 1.165) is 15.6 Å². The SMILES string of the molecule is Cc1ccccc1CN(C)S(=O)(=O)c1ccc(Br)cc1. The molecule has 106 valence electrons. The minimum Gasteiger partial charge on any atom is -0.207 e. The summed E-state index contributed by atoms with van der Waals surface area (Å²) in [6.07, 6.45) is 0. The van der Waals surface area contributed by atoms with Crippen LogP contribution in [-0.2, 0) is 16.6 Å². The zero-order valence-corrected chi connectivity index (χ0v) is 13.8. The van der Waals surface area contributed by atoms with Crippen LogP contribution in [0.3, 0.4) is 0 Å².